The van der Waals surface area contributed by atoms with Gasteiger partial charge in [0.1, 0.15) is 6.61 Å². The first-order chi connectivity index (χ1) is 15.8. The number of nitrogens with zero attached hydrogens (tertiary/aromatic N) is 3. The monoisotopic (exact) mass is 491 g/mol. The van der Waals surface area contributed by atoms with E-state index in [2.05, 4.69) is 33.9 Å². The number of hydrogen-bond donors (Lipinski definition) is 0. The molecule has 2 heterocycles. The van der Waals surface area contributed by atoms with Crippen LogP contribution >= 0.6 is 0 Å². The smallest absolute Gasteiger partial charge is 0.410 e. The summed E-state index contributed by atoms with van der Waals surface area (Å²) in [6.45, 7) is 12.1. The number of likely N-dealkylation sites (tertiary alicyclic amines) is 2. The van der Waals surface area contributed by atoms with E-state index in [1.165, 1.54) is 12.1 Å². The molecule has 2 saturated heterocycles. The highest BCUT2D eigenvalue weighted by Gasteiger charge is 2.46. The maximum absolute atomic E-state index is 13.2. The fourth-order valence-corrected chi connectivity index (χ4v) is 5.76. The molecule has 2 aliphatic rings. The van der Waals surface area contributed by atoms with Crippen LogP contribution in [-0.2, 0) is 20.6 Å². The third-order valence-corrected chi connectivity index (χ3v) is 12.1. The van der Waals surface area contributed by atoms with E-state index in [1.807, 2.05) is 7.05 Å². The lowest BCUT2D eigenvalue weighted by molar-refractivity contribution is -0.384. The number of rotatable bonds is 6. The van der Waals surface area contributed by atoms with E-state index in [0.29, 0.717) is 31.5 Å². The summed E-state index contributed by atoms with van der Waals surface area (Å²) in [4.78, 5) is 39.4. The Bertz CT molecular complexity index is 914. The highest BCUT2D eigenvalue weighted by Crippen LogP contribution is 2.40. The SMILES string of the molecule is CN1CCC([C@@H]2C[C@@H](O[Si](C)(C)C(C)(C)C)CN2C(=O)OCc2ccc([N+](=O)[O-])cc2)CC1=O. The summed E-state index contributed by atoms with van der Waals surface area (Å²) in [5.74, 6) is 0.174. The second-order valence-electron chi connectivity index (χ2n) is 11.0. The molecule has 1 aromatic rings. The Morgan fingerprint density at radius 3 is 2.44 bits per heavy atom. The Labute approximate surface area is 202 Å². The minimum Gasteiger partial charge on any atom is -0.445 e. The van der Waals surface area contributed by atoms with Gasteiger partial charge in [-0.3, -0.25) is 14.9 Å². The molecule has 0 saturated carbocycles. The molecular formula is C24H37N3O6Si. The van der Waals surface area contributed by atoms with Gasteiger partial charge in [0.25, 0.3) is 5.69 Å². The van der Waals surface area contributed by atoms with E-state index >= 15 is 0 Å². The van der Waals surface area contributed by atoms with Crippen LogP contribution in [0.15, 0.2) is 24.3 Å². The summed E-state index contributed by atoms with van der Waals surface area (Å²) < 4.78 is 12.2. The molecule has 3 rings (SSSR count). The number of nitro groups is 1. The van der Waals surface area contributed by atoms with E-state index in [4.69, 9.17) is 9.16 Å². The van der Waals surface area contributed by atoms with E-state index < -0.39 is 19.3 Å². The van der Waals surface area contributed by atoms with Gasteiger partial charge in [-0.25, -0.2) is 4.79 Å². The van der Waals surface area contributed by atoms with Gasteiger partial charge < -0.3 is 19.0 Å². The van der Waals surface area contributed by atoms with Crippen molar-refractivity contribution in [2.75, 3.05) is 20.1 Å². The Balaban J connectivity index is 1.72. The first-order valence-corrected chi connectivity index (χ1v) is 14.8. The maximum Gasteiger partial charge on any atom is 0.410 e. The summed E-state index contributed by atoms with van der Waals surface area (Å²) in [6, 6.07) is 5.86. The molecule has 3 atom stereocenters. The molecule has 10 heteroatoms. The largest absolute Gasteiger partial charge is 0.445 e. The molecule has 34 heavy (non-hydrogen) atoms. The molecule has 2 amide bonds. The number of carbonyl (C=O) groups is 2. The molecule has 9 nitrogen and oxygen atoms in total. The van der Waals surface area contributed by atoms with Crippen molar-refractivity contribution in [1.82, 2.24) is 9.80 Å². The number of ether oxygens (including phenoxy) is 1. The lowest BCUT2D eigenvalue weighted by Crippen LogP contribution is -2.46. The van der Waals surface area contributed by atoms with Crippen LogP contribution in [0.5, 0.6) is 0 Å². The van der Waals surface area contributed by atoms with Crippen molar-refractivity contribution >= 4 is 26.0 Å². The molecule has 0 aliphatic carbocycles. The number of non-ortho nitro benzene ring substituents is 1. The quantitative estimate of drug-likeness (QED) is 0.328. The molecule has 1 unspecified atom stereocenters. The summed E-state index contributed by atoms with van der Waals surface area (Å²) in [7, 11) is -0.220. The Kier molecular flexibility index (Phi) is 7.71. The van der Waals surface area contributed by atoms with Crippen LogP contribution in [0.1, 0.15) is 45.6 Å². The van der Waals surface area contributed by atoms with Gasteiger partial charge in [0.2, 0.25) is 5.91 Å². The van der Waals surface area contributed by atoms with Crippen LogP contribution in [0.3, 0.4) is 0 Å². The van der Waals surface area contributed by atoms with Gasteiger partial charge in [-0.15, -0.1) is 0 Å². The first kappa shape index (κ1) is 26.1. The summed E-state index contributed by atoms with van der Waals surface area (Å²) >= 11 is 0. The van der Waals surface area contributed by atoms with E-state index in [-0.39, 0.29) is 41.3 Å². The molecule has 0 N–H and O–H groups in total. The van der Waals surface area contributed by atoms with Gasteiger partial charge in [-0.1, -0.05) is 20.8 Å². The number of hydrogen-bond acceptors (Lipinski definition) is 6. The fourth-order valence-electron chi connectivity index (χ4n) is 4.40. The maximum atomic E-state index is 13.2. The van der Waals surface area contributed by atoms with Crippen molar-refractivity contribution in [1.29, 1.82) is 0 Å². The Morgan fingerprint density at radius 2 is 1.88 bits per heavy atom. The zero-order valence-corrected chi connectivity index (χ0v) is 22.1. The third-order valence-electron chi connectivity index (χ3n) is 7.56. The number of piperidine rings is 1. The zero-order chi connectivity index (χ0) is 25.3. The number of benzene rings is 1. The molecule has 188 valence electrons. The van der Waals surface area contributed by atoms with Crippen molar-refractivity contribution in [3.8, 4) is 0 Å². The van der Waals surface area contributed by atoms with Crippen LogP contribution in [0.2, 0.25) is 18.1 Å². The standard InChI is InChI=1S/C24H37N3O6Si/c1-24(2,3)34(5,6)33-20-14-21(18-11-12-25(4)22(28)13-18)26(15-20)23(29)32-16-17-7-9-19(10-8-17)27(30)31/h7-10,18,20-21H,11-16H2,1-6H3/t18?,20-,21+/m1/s1. The molecule has 0 aromatic heterocycles. The average molecular weight is 492 g/mol. The summed E-state index contributed by atoms with van der Waals surface area (Å²) in [5, 5.41) is 10.9. The second kappa shape index (κ2) is 10.0. The minimum absolute atomic E-state index is 0.00719. The molecule has 2 aliphatic heterocycles. The lowest BCUT2D eigenvalue weighted by Gasteiger charge is -2.38. The van der Waals surface area contributed by atoms with Crippen molar-refractivity contribution in [2.45, 2.75) is 76.9 Å². The molecule has 0 bridgehead atoms. The number of amides is 2. The Hall–Kier alpha value is -2.46. The number of nitro benzene ring substituents is 1. The Morgan fingerprint density at radius 1 is 1.24 bits per heavy atom. The fraction of sp³-hybridized carbons (Fsp3) is 0.667. The highest BCUT2D eigenvalue weighted by atomic mass is 28.4. The van der Waals surface area contributed by atoms with Crippen LogP contribution in [0.25, 0.3) is 0 Å². The van der Waals surface area contributed by atoms with E-state index in [0.717, 1.165) is 6.42 Å². The predicted molar refractivity (Wildman–Crippen MR) is 131 cm³/mol. The summed E-state index contributed by atoms with van der Waals surface area (Å²) in [5.41, 5.74) is 0.672. The van der Waals surface area contributed by atoms with Gasteiger partial charge in [-0.05, 0) is 54.6 Å². The lowest BCUT2D eigenvalue weighted by atomic mass is 9.87. The zero-order valence-electron chi connectivity index (χ0n) is 21.1. The van der Waals surface area contributed by atoms with Crippen LogP contribution in [0, 0.1) is 16.0 Å². The normalized spacial score (nSPS) is 23.8. The second-order valence-corrected chi connectivity index (χ2v) is 15.8. The molecule has 2 fully saturated rings. The van der Waals surface area contributed by atoms with Crippen LogP contribution in [0.4, 0.5) is 10.5 Å². The van der Waals surface area contributed by atoms with Crippen LogP contribution < -0.4 is 0 Å². The average Bonchev–Trinajstić information content (AvgIpc) is 3.16. The summed E-state index contributed by atoms with van der Waals surface area (Å²) in [6.07, 6.45) is 1.43. The molecule has 0 radical (unpaired) electrons. The van der Waals surface area contributed by atoms with Gasteiger partial charge >= 0.3 is 6.09 Å². The van der Waals surface area contributed by atoms with Crippen molar-refractivity contribution in [3.63, 3.8) is 0 Å². The van der Waals surface area contributed by atoms with E-state index in [1.54, 1.807) is 21.9 Å². The minimum atomic E-state index is -2.03. The van der Waals surface area contributed by atoms with Gasteiger partial charge in [0.15, 0.2) is 8.32 Å². The van der Waals surface area contributed by atoms with E-state index in [9.17, 15) is 19.7 Å². The van der Waals surface area contributed by atoms with Gasteiger partial charge in [-0.2, -0.15) is 0 Å². The molecule has 0 spiro atoms. The molecular weight excluding hydrogens is 454 g/mol. The topological polar surface area (TPSA) is 102 Å². The van der Waals surface area contributed by atoms with Crippen molar-refractivity contribution < 1.29 is 23.7 Å². The highest BCUT2D eigenvalue weighted by molar-refractivity contribution is 6.74. The van der Waals surface area contributed by atoms with Crippen LogP contribution in [-0.4, -0.2) is 67.3 Å². The predicted octanol–water partition coefficient (Wildman–Crippen LogP) is 4.56. The third kappa shape index (κ3) is 5.96. The van der Waals surface area contributed by atoms with Crippen molar-refractivity contribution in [3.05, 3.63) is 39.9 Å². The molecule has 1 aromatic carbocycles. The van der Waals surface area contributed by atoms with Gasteiger partial charge in [0.05, 0.1) is 11.0 Å². The van der Waals surface area contributed by atoms with Crippen molar-refractivity contribution in [2.24, 2.45) is 5.92 Å². The first-order valence-electron chi connectivity index (χ1n) is 11.9. The number of carbonyl (C=O) groups excluding carboxylic acids is 2. The van der Waals surface area contributed by atoms with Gasteiger partial charge in [0, 0.05) is 44.7 Å².